The first-order chi connectivity index (χ1) is 9.08. The van der Waals surface area contributed by atoms with Crippen LogP contribution < -0.4 is 5.73 Å². The summed E-state index contributed by atoms with van der Waals surface area (Å²) in [6, 6.07) is 15.1. The molecule has 0 saturated heterocycles. The minimum atomic E-state index is 0.592. The van der Waals surface area contributed by atoms with E-state index in [0.29, 0.717) is 5.92 Å². The van der Waals surface area contributed by atoms with Gasteiger partial charge in [-0.1, -0.05) is 50.2 Å². The topological polar surface area (TPSA) is 26.0 Å². The van der Waals surface area contributed by atoms with Crippen molar-refractivity contribution in [2.45, 2.75) is 37.3 Å². The minimum absolute atomic E-state index is 0.592. The standard InChI is InChI=1S/C17H21NS/c1-12(2)15-9-7-14(8-10-15)11-19-16-6-4-5-13(3)17(16)18/h4-10,12H,11,18H2,1-3H3. The molecule has 0 heterocycles. The first-order valence-electron chi connectivity index (χ1n) is 6.64. The fourth-order valence-electron chi connectivity index (χ4n) is 1.94. The van der Waals surface area contributed by atoms with E-state index >= 15 is 0 Å². The monoisotopic (exact) mass is 271 g/mol. The molecule has 2 rings (SSSR count). The van der Waals surface area contributed by atoms with Crippen LogP contribution in [-0.4, -0.2) is 0 Å². The summed E-state index contributed by atoms with van der Waals surface area (Å²) < 4.78 is 0. The van der Waals surface area contributed by atoms with Crippen molar-refractivity contribution in [2.24, 2.45) is 0 Å². The maximum absolute atomic E-state index is 6.09. The zero-order chi connectivity index (χ0) is 13.8. The van der Waals surface area contributed by atoms with Crippen LogP contribution >= 0.6 is 11.8 Å². The second-order valence-electron chi connectivity index (χ2n) is 5.17. The van der Waals surface area contributed by atoms with Crippen molar-refractivity contribution < 1.29 is 0 Å². The van der Waals surface area contributed by atoms with Crippen LogP contribution in [0.5, 0.6) is 0 Å². The average Bonchev–Trinajstić information content (AvgIpc) is 2.41. The minimum Gasteiger partial charge on any atom is -0.398 e. The molecule has 0 aromatic heterocycles. The number of hydrogen-bond donors (Lipinski definition) is 1. The largest absolute Gasteiger partial charge is 0.398 e. The number of aryl methyl sites for hydroxylation is 1. The van der Waals surface area contributed by atoms with E-state index in [4.69, 9.17) is 5.73 Å². The Morgan fingerprint density at radius 3 is 2.37 bits per heavy atom. The van der Waals surface area contributed by atoms with Crippen molar-refractivity contribution in [3.63, 3.8) is 0 Å². The Morgan fingerprint density at radius 2 is 1.74 bits per heavy atom. The van der Waals surface area contributed by atoms with E-state index in [1.165, 1.54) is 16.0 Å². The smallest absolute Gasteiger partial charge is 0.0482 e. The average molecular weight is 271 g/mol. The van der Waals surface area contributed by atoms with Crippen molar-refractivity contribution in [1.82, 2.24) is 0 Å². The van der Waals surface area contributed by atoms with Crippen molar-refractivity contribution in [3.05, 3.63) is 59.2 Å². The van der Waals surface area contributed by atoms with E-state index in [-0.39, 0.29) is 0 Å². The molecule has 0 aliphatic carbocycles. The van der Waals surface area contributed by atoms with E-state index in [1.54, 1.807) is 11.8 Å². The van der Waals surface area contributed by atoms with Gasteiger partial charge in [-0.25, -0.2) is 0 Å². The van der Waals surface area contributed by atoms with Crippen LogP contribution in [0.25, 0.3) is 0 Å². The Morgan fingerprint density at radius 1 is 1.05 bits per heavy atom. The van der Waals surface area contributed by atoms with Crippen LogP contribution in [0.3, 0.4) is 0 Å². The van der Waals surface area contributed by atoms with Crippen molar-refractivity contribution in [1.29, 1.82) is 0 Å². The van der Waals surface area contributed by atoms with Crippen molar-refractivity contribution in [3.8, 4) is 0 Å². The molecule has 0 aliphatic heterocycles. The number of para-hydroxylation sites is 1. The molecule has 0 aliphatic rings. The predicted molar refractivity (Wildman–Crippen MR) is 85.7 cm³/mol. The van der Waals surface area contributed by atoms with Gasteiger partial charge in [0, 0.05) is 16.3 Å². The number of nitrogen functional groups attached to an aromatic ring is 1. The Labute approximate surface area is 120 Å². The maximum atomic E-state index is 6.09. The highest BCUT2D eigenvalue weighted by Gasteiger charge is 2.03. The van der Waals surface area contributed by atoms with Crippen LogP contribution in [0, 0.1) is 6.92 Å². The quantitative estimate of drug-likeness (QED) is 0.626. The fraction of sp³-hybridized carbons (Fsp3) is 0.294. The Kier molecular flexibility index (Phi) is 4.54. The van der Waals surface area contributed by atoms with Crippen LogP contribution in [0.2, 0.25) is 0 Å². The maximum Gasteiger partial charge on any atom is 0.0482 e. The van der Waals surface area contributed by atoms with Gasteiger partial charge < -0.3 is 5.73 Å². The zero-order valence-corrected chi connectivity index (χ0v) is 12.6. The van der Waals surface area contributed by atoms with Crippen LogP contribution in [0.4, 0.5) is 5.69 Å². The molecule has 0 unspecified atom stereocenters. The zero-order valence-electron chi connectivity index (χ0n) is 11.8. The molecule has 1 nitrogen and oxygen atoms in total. The number of benzene rings is 2. The molecule has 0 bridgehead atoms. The van der Waals surface area contributed by atoms with Gasteiger partial charge in [0.1, 0.15) is 0 Å². The van der Waals surface area contributed by atoms with Crippen molar-refractivity contribution in [2.75, 3.05) is 5.73 Å². The Balaban J connectivity index is 2.04. The molecule has 0 spiro atoms. The first kappa shape index (κ1) is 14.0. The Bertz CT molecular complexity index is 544. The summed E-state index contributed by atoms with van der Waals surface area (Å²) in [6.07, 6.45) is 0. The number of hydrogen-bond acceptors (Lipinski definition) is 2. The molecule has 19 heavy (non-hydrogen) atoms. The van der Waals surface area contributed by atoms with E-state index in [1.807, 2.05) is 0 Å². The molecular formula is C17H21NS. The summed E-state index contributed by atoms with van der Waals surface area (Å²) in [5, 5.41) is 0. The van der Waals surface area contributed by atoms with E-state index < -0.39 is 0 Å². The molecule has 100 valence electrons. The summed E-state index contributed by atoms with van der Waals surface area (Å²) >= 11 is 1.80. The second-order valence-corrected chi connectivity index (χ2v) is 6.19. The molecular weight excluding hydrogens is 250 g/mol. The third kappa shape index (κ3) is 3.54. The summed E-state index contributed by atoms with van der Waals surface area (Å²) in [6.45, 7) is 6.49. The summed E-state index contributed by atoms with van der Waals surface area (Å²) in [5.41, 5.74) is 10.9. The summed E-state index contributed by atoms with van der Waals surface area (Å²) in [5.74, 6) is 1.56. The van der Waals surface area contributed by atoms with Crippen LogP contribution in [0.15, 0.2) is 47.4 Å². The second kappa shape index (κ2) is 6.16. The van der Waals surface area contributed by atoms with Crippen LogP contribution in [-0.2, 0) is 5.75 Å². The van der Waals surface area contributed by atoms with Gasteiger partial charge in [-0.15, -0.1) is 11.8 Å². The molecule has 0 saturated carbocycles. The molecule has 2 heteroatoms. The lowest BCUT2D eigenvalue weighted by molar-refractivity contribution is 0.866. The SMILES string of the molecule is Cc1cccc(SCc2ccc(C(C)C)cc2)c1N. The number of rotatable bonds is 4. The van der Waals surface area contributed by atoms with Gasteiger partial charge in [0.25, 0.3) is 0 Å². The number of nitrogens with two attached hydrogens (primary N) is 1. The van der Waals surface area contributed by atoms with Gasteiger partial charge in [0.15, 0.2) is 0 Å². The third-order valence-electron chi connectivity index (χ3n) is 3.32. The van der Waals surface area contributed by atoms with Gasteiger partial charge in [0.2, 0.25) is 0 Å². The molecule has 0 fully saturated rings. The van der Waals surface area contributed by atoms with E-state index in [2.05, 4.69) is 63.2 Å². The third-order valence-corrected chi connectivity index (χ3v) is 4.47. The van der Waals surface area contributed by atoms with Gasteiger partial charge in [-0.05, 0) is 35.6 Å². The number of anilines is 1. The molecule has 0 atom stereocenters. The lowest BCUT2D eigenvalue weighted by Crippen LogP contribution is -1.92. The van der Waals surface area contributed by atoms with Gasteiger partial charge in [0.05, 0.1) is 0 Å². The highest BCUT2D eigenvalue weighted by molar-refractivity contribution is 7.98. The summed E-state index contributed by atoms with van der Waals surface area (Å²) in [4.78, 5) is 1.17. The molecule has 2 aromatic rings. The first-order valence-corrected chi connectivity index (χ1v) is 7.63. The van der Waals surface area contributed by atoms with Gasteiger partial charge in [-0.2, -0.15) is 0 Å². The highest BCUT2D eigenvalue weighted by atomic mass is 32.2. The van der Waals surface area contributed by atoms with E-state index in [0.717, 1.165) is 17.0 Å². The molecule has 0 amide bonds. The summed E-state index contributed by atoms with van der Waals surface area (Å²) in [7, 11) is 0. The van der Waals surface area contributed by atoms with Gasteiger partial charge in [-0.3, -0.25) is 0 Å². The number of thioether (sulfide) groups is 1. The molecule has 0 radical (unpaired) electrons. The van der Waals surface area contributed by atoms with Crippen molar-refractivity contribution >= 4 is 17.4 Å². The van der Waals surface area contributed by atoms with Crippen LogP contribution in [0.1, 0.15) is 36.5 Å². The van der Waals surface area contributed by atoms with E-state index in [9.17, 15) is 0 Å². The normalized spacial score (nSPS) is 10.9. The highest BCUT2D eigenvalue weighted by Crippen LogP contribution is 2.30. The fourth-order valence-corrected chi connectivity index (χ4v) is 2.95. The lowest BCUT2D eigenvalue weighted by atomic mass is 10.0. The predicted octanol–water partition coefficient (Wildman–Crippen LogP) is 4.99. The molecule has 2 N–H and O–H groups in total. The van der Waals surface area contributed by atoms with Gasteiger partial charge >= 0.3 is 0 Å². The Hall–Kier alpha value is -1.41. The molecule has 2 aromatic carbocycles. The lowest BCUT2D eigenvalue weighted by Gasteiger charge is -2.09.